The third-order valence-electron chi connectivity index (χ3n) is 2.74. The van der Waals surface area contributed by atoms with Gasteiger partial charge in [-0.05, 0) is 36.4 Å². The van der Waals surface area contributed by atoms with E-state index in [1.807, 2.05) is 42.5 Å². The van der Waals surface area contributed by atoms with E-state index in [0.717, 1.165) is 17.0 Å². The molecule has 5 heteroatoms. The Morgan fingerprint density at radius 1 is 1.05 bits per heavy atom. The van der Waals surface area contributed by atoms with Gasteiger partial charge in [0.1, 0.15) is 11.4 Å². The number of benzene rings is 1. The summed E-state index contributed by atoms with van der Waals surface area (Å²) in [6.07, 6.45) is 1.73. The van der Waals surface area contributed by atoms with Gasteiger partial charge in [0, 0.05) is 11.8 Å². The Kier molecular flexibility index (Phi) is 2.94. The molecule has 94 valence electrons. The summed E-state index contributed by atoms with van der Waals surface area (Å²) in [4.78, 5) is 8.67. The van der Waals surface area contributed by atoms with Crippen LogP contribution in [0.4, 0.5) is 0 Å². The van der Waals surface area contributed by atoms with Crippen LogP contribution in [-0.4, -0.2) is 27.3 Å². The van der Waals surface area contributed by atoms with Crippen molar-refractivity contribution >= 4 is 0 Å². The molecule has 0 aliphatic rings. The number of methoxy groups -OCH3 is 1. The van der Waals surface area contributed by atoms with E-state index in [9.17, 15) is 0 Å². The Bertz CT molecular complexity index is 661. The number of nitrogens with one attached hydrogen (secondary N) is 1. The van der Waals surface area contributed by atoms with Crippen LogP contribution >= 0.6 is 0 Å². The first kappa shape index (κ1) is 11.4. The van der Waals surface area contributed by atoms with Gasteiger partial charge in [0.25, 0.3) is 0 Å². The third-order valence-corrected chi connectivity index (χ3v) is 2.74. The van der Waals surface area contributed by atoms with Gasteiger partial charge in [-0.15, -0.1) is 0 Å². The number of aromatic amines is 1. The van der Waals surface area contributed by atoms with Gasteiger partial charge in [-0.3, -0.25) is 10.1 Å². The van der Waals surface area contributed by atoms with Gasteiger partial charge >= 0.3 is 0 Å². The van der Waals surface area contributed by atoms with Gasteiger partial charge in [-0.1, -0.05) is 6.07 Å². The average molecular weight is 252 g/mol. The van der Waals surface area contributed by atoms with Crippen LogP contribution in [0.1, 0.15) is 0 Å². The van der Waals surface area contributed by atoms with E-state index in [4.69, 9.17) is 4.74 Å². The number of hydrogen-bond donors (Lipinski definition) is 1. The lowest BCUT2D eigenvalue weighted by molar-refractivity contribution is 0.415. The van der Waals surface area contributed by atoms with Crippen molar-refractivity contribution in [1.29, 1.82) is 0 Å². The molecule has 0 saturated carbocycles. The number of rotatable bonds is 3. The smallest absolute Gasteiger partial charge is 0.181 e. The second-order valence-electron chi connectivity index (χ2n) is 3.95. The first-order valence-corrected chi connectivity index (χ1v) is 5.85. The Hall–Kier alpha value is -2.69. The van der Waals surface area contributed by atoms with Gasteiger partial charge < -0.3 is 4.74 Å². The van der Waals surface area contributed by atoms with E-state index >= 15 is 0 Å². The molecule has 0 spiro atoms. The second kappa shape index (κ2) is 4.89. The predicted molar refractivity (Wildman–Crippen MR) is 71.6 cm³/mol. The van der Waals surface area contributed by atoms with Crippen molar-refractivity contribution in [3.63, 3.8) is 0 Å². The SMILES string of the molecule is COc1ccc(-c2n[nH]c(-c3ccccn3)n2)cc1. The molecule has 1 aromatic carbocycles. The lowest BCUT2D eigenvalue weighted by Gasteiger charge is -1.99. The van der Waals surface area contributed by atoms with E-state index < -0.39 is 0 Å². The highest BCUT2D eigenvalue weighted by molar-refractivity contribution is 5.59. The number of nitrogens with zero attached hydrogens (tertiary/aromatic N) is 3. The molecule has 0 fully saturated rings. The van der Waals surface area contributed by atoms with Gasteiger partial charge in [-0.2, -0.15) is 5.10 Å². The molecule has 3 aromatic rings. The van der Waals surface area contributed by atoms with Crippen LogP contribution in [0.5, 0.6) is 5.75 Å². The summed E-state index contributed by atoms with van der Waals surface area (Å²) in [6.45, 7) is 0. The number of hydrogen-bond acceptors (Lipinski definition) is 4. The van der Waals surface area contributed by atoms with Crippen molar-refractivity contribution in [3.05, 3.63) is 48.7 Å². The minimum absolute atomic E-state index is 0.642. The maximum absolute atomic E-state index is 5.12. The Morgan fingerprint density at radius 3 is 2.58 bits per heavy atom. The summed E-state index contributed by atoms with van der Waals surface area (Å²) in [7, 11) is 1.64. The first-order chi connectivity index (χ1) is 9.36. The molecular formula is C14H12N4O. The lowest BCUT2D eigenvalue weighted by Crippen LogP contribution is -1.85. The van der Waals surface area contributed by atoms with Crippen molar-refractivity contribution in [1.82, 2.24) is 20.2 Å². The fourth-order valence-corrected chi connectivity index (χ4v) is 1.75. The molecule has 0 amide bonds. The number of pyridine rings is 1. The van der Waals surface area contributed by atoms with E-state index in [2.05, 4.69) is 20.2 Å². The molecule has 0 aliphatic carbocycles. The summed E-state index contributed by atoms with van der Waals surface area (Å²) in [5, 5.41) is 7.10. The molecule has 0 saturated heterocycles. The molecule has 19 heavy (non-hydrogen) atoms. The fourth-order valence-electron chi connectivity index (χ4n) is 1.75. The quantitative estimate of drug-likeness (QED) is 0.778. The lowest BCUT2D eigenvalue weighted by atomic mass is 10.2. The minimum Gasteiger partial charge on any atom is -0.497 e. The van der Waals surface area contributed by atoms with Crippen molar-refractivity contribution in [2.45, 2.75) is 0 Å². The Morgan fingerprint density at radius 2 is 1.89 bits per heavy atom. The molecule has 5 nitrogen and oxygen atoms in total. The average Bonchev–Trinajstić information content (AvgIpc) is 2.98. The summed E-state index contributed by atoms with van der Waals surface area (Å²) in [5.74, 6) is 2.11. The first-order valence-electron chi connectivity index (χ1n) is 5.85. The molecule has 0 aliphatic heterocycles. The zero-order chi connectivity index (χ0) is 13.1. The van der Waals surface area contributed by atoms with E-state index in [1.165, 1.54) is 0 Å². The van der Waals surface area contributed by atoms with Crippen LogP contribution in [0.15, 0.2) is 48.7 Å². The van der Waals surface area contributed by atoms with Crippen LogP contribution in [0, 0.1) is 0 Å². The molecule has 2 heterocycles. The summed E-state index contributed by atoms with van der Waals surface area (Å²) in [6, 6.07) is 13.3. The summed E-state index contributed by atoms with van der Waals surface area (Å²) in [5.41, 5.74) is 1.70. The van der Waals surface area contributed by atoms with E-state index in [-0.39, 0.29) is 0 Å². The van der Waals surface area contributed by atoms with Crippen LogP contribution in [-0.2, 0) is 0 Å². The number of H-pyrrole nitrogens is 1. The molecule has 3 rings (SSSR count). The van der Waals surface area contributed by atoms with Gasteiger partial charge in [0.15, 0.2) is 11.6 Å². The zero-order valence-corrected chi connectivity index (χ0v) is 10.4. The van der Waals surface area contributed by atoms with Crippen molar-refractivity contribution in [2.24, 2.45) is 0 Å². The molecule has 2 aromatic heterocycles. The molecule has 0 bridgehead atoms. The standard InChI is InChI=1S/C14H12N4O/c1-19-11-7-5-10(6-8-11)13-16-14(18-17-13)12-4-2-3-9-15-12/h2-9H,1H3,(H,16,17,18). The molecular weight excluding hydrogens is 240 g/mol. The minimum atomic E-state index is 0.642. The van der Waals surface area contributed by atoms with E-state index in [0.29, 0.717) is 11.6 Å². The highest BCUT2D eigenvalue weighted by Gasteiger charge is 2.08. The maximum atomic E-state index is 5.12. The van der Waals surface area contributed by atoms with Crippen molar-refractivity contribution in [2.75, 3.05) is 7.11 Å². The predicted octanol–water partition coefficient (Wildman–Crippen LogP) is 2.54. The monoisotopic (exact) mass is 252 g/mol. The Labute approximate surface area is 110 Å². The highest BCUT2D eigenvalue weighted by atomic mass is 16.5. The number of ether oxygens (including phenoxy) is 1. The molecule has 0 radical (unpaired) electrons. The van der Waals surface area contributed by atoms with Crippen molar-refractivity contribution < 1.29 is 4.74 Å². The topological polar surface area (TPSA) is 63.7 Å². The highest BCUT2D eigenvalue weighted by Crippen LogP contribution is 2.21. The molecule has 0 atom stereocenters. The van der Waals surface area contributed by atoms with Gasteiger partial charge in [0.05, 0.1) is 7.11 Å². The summed E-state index contributed by atoms with van der Waals surface area (Å²) < 4.78 is 5.12. The van der Waals surface area contributed by atoms with E-state index in [1.54, 1.807) is 13.3 Å². The fraction of sp³-hybridized carbons (Fsp3) is 0.0714. The van der Waals surface area contributed by atoms with Gasteiger partial charge in [-0.25, -0.2) is 4.98 Å². The third kappa shape index (κ3) is 2.30. The van der Waals surface area contributed by atoms with Crippen molar-refractivity contribution in [3.8, 4) is 28.7 Å². The second-order valence-corrected chi connectivity index (χ2v) is 3.95. The van der Waals surface area contributed by atoms with Crippen LogP contribution in [0.2, 0.25) is 0 Å². The molecule has 1 N–H and O–H groups in total. The molecule has 0 unspecified atom stereocenters. The van der Waals surface area contributed by atoms with Crippen LogP contribution in [0.25, 0.3) is 22.9 Å². The van der Waals surface area contributed by atoms with Crippen LogP contribution in [0.3, 0.4) is 0 Å². The Balaban J connectivity index is 1.92. The zero-order valence-electron chi connectivity index (χ0n) is 10.4. The normalized spacial score (nSPS) is 10.4. The largest absolute Gasteiger partial charge is 0.497 e. The summed E-state index contributed by atoms with van der Waals surface area (Å²) >= 11 is 0. The van der Waals surface area contributed by atoms with Crippen LogP contribution < -0.4 is 4.74 Å². The maximum Gasteiger partial charge on any atom is 0.181 e. The van der Waals surface area contributed by atoms with Gasteiger partial charge in [0.2, 0.25) is 0 Å². The number of aromatic nitrogens is 4.